The maximum absolute atomic E-state index is 10.8. The molecule has 0 aliphatic carbocycles. The zero-order chi connectivity index (χ0) is 29.4. The van der Waals surface area contributed by atoms with Crippen LogP contribution in [0.25, 0.3) is 0 Å². The maximum Gasteiger partial charge on any atom is 0.253 e. The fourth-order valence-electron chi connectivity index (χ4n) is 1.70. The first-order valence-electron chi connectivity index (χ1n) is 10.6. The Morgan fingerprint density at radius 3 is 0.825 bits per heavy atom. The third-order valence-corrected chi connectivity index (χ3v) is 3.05. The second-order valence-corrected chi connectivity index (χ2v) is 5.70. The summed E-state index contributed by atoms with van der Waals surface area (Å²) in [7, 11) is 0. The summed E-state index contributed by atoms with van der Waals surface area (Å²) in [4.78, 5) is 22.8. The normalized spacial score (nSPS) is 7.12. The molecule has 0 bridgehead atoms. The Kier molecular flexibility index (Phi) is 20.9. The van der Waals surface area contributed by atoms with Crippen LogP contribution >= 0.6 is 0 Å². The van der Waals surface area contributed by atoms with Crippen LogP contribution in [0, 0.1) is 179 Å². The van der Waals surface area contributed by atoms with E-state index in [0.29, 0.717) is 6.54 Å². The average Bonchev–Trinajstić information content (AvgIpc) is 3.28. The van der Waals surface area contributed by atoms with Crippen LogP contribution in [0.4, 0.5) is 0 Å². The van der Waals surface area contributed by atoms with Crippen LogP contribution in [0.3, 0.4) is 0 Å². The van der Waals surface area contributed by atoms with Crippen molar-refractivity contribution in [3.63, 3.8) is 0 Å². The predicted octanol–water partition coefficient (Wildman–Crippen LogP) is 0.618. The number of hydrogen-bond acceptors (Lipinski definition) is 2. The molecule has 0 fully saturated rings. The van der Waals surface area contributed by atoms with E-state index in [1.807, 2.05) is 6.92 Å². The lowest BCUT2D eigenvalue weighted by molar-refractivity contribution is -0.136. The van der Waals surface area contributed by atoms with Gasteiger partial charge in [0.2, 0.25) is 0 Å². The molecule has 0 radical (unpaired) electrons. The second-order valence-electron chi connectivity index (χ2n) is 5.70. The van der Waals surface area contributed by atoms with E-state index in [2.05, 4.69) is 166 Å². The number of imide groups is 1. The summed E-state index contributed by atoms with van der Waals surface area (Å²) in [5.41, 5.74) is 0. The van der Waals surface area contributed by atoms with Crippen LogP contribution in [0.5, 0.6) is 0 Å². The number of amides is 2. The van der Waals surface area contributed by atoms with Crippen LogP contribution in [0.1, 0.15) is 13.3 Å². The minimum Gasteiger partial charge on any atom is -0.275 e. The molecule has 0 unspecified atom stereocenters. The Bertz CT molecular complexity index is 1840. The van der Waals surface area contributed by atoms with Crippen molar-refractivity contribution in [1.29, 1.82) is 0 Å². The summed E-state index contributed by atoms with van der Waals surface area (Å²) in [6, 6.07) is 0. The summed E-state index contributed by atoms with van der Waals surface area (Å²) in [6.45, 7) is 2.46. The fourth-order valence-corrected chi connectivity index (χ4v) is 1.70. The van der Waals surface area contributed by atoms with Gasteiger partial charge in [-0.3, -0.25) is 14.5 Å². The molecule has 1 aliphatic rings. The topological polar surface area (TPSA) is 37.4 Å². The summed E-state index contributed by atoms with van der Waals surface area (Å²) in [5, 5.41) is 0. The van der Waals surface area contributed by atoms with Gasteiger partial charge in [-0.05, 0) is 101 Å². The second kappa shape index (κ2) is 25.9. The van der Waals surface area contributed by atoms with Gasteiger partial charge in [-0.1, -0.05) is 6.92 Å². The first-order valence-corrected chi connectivity index (χ1v) is 10.6. The highest BCUT2D eigenvalue weighted by atomic mass is 16.2. The molecular formula is C37H11NO2. The van der Waals surface area contributed by atoms with E-state index in [-0.39, 0.29) is 11.8 Å². The van der Waals surface area contributed by atoms with Crippen molar-refractivity contribution < 1.29 is 9.59 Å². The van der Waals surface area contributed by atoms with Crippen molar-refractivity contribution in [1.82, 2.24) is 4.90 Å². The van der Waals surface area contributed by atoms with E-state index in [1.165, 1.54) is 17.1 Å². The minimum absolute atomic E-state index is 0.188. The van der Waals surface area contributed by atoms with Crippen LogP contribution in [-0.2, 0) is 9.59 Å². The lowest BCUT2D eigenvalue weighted by atomic mass is 10.4. The van der Waals surface area contributed by atoms with Crippen molar-refractivity contribution >= 4 is 11.8 Å². The molecule has 0 aromatic carbocycles. The zero-order valence-corrected chi connectivity index (χ0v) is 21.0. The average molecular weight is 502 g/mol. The van der Waals surface area contributed by atoms with Gasteiger partial charge in [-0.2, -0.15) is 0 Å². The molecule has 1 aliphatic heterocycles. The monoisotopic (exact) mass is 501 g/mol. The summed E-state index contributed by atoms with van der Waals surface area (Å²) < 4.78 is 0. The van der Waals surface area contributed by atoms with Gasteiger partial charge in [0.05, 0.1) is 0 Å². The summed E-state index contributed by atoms with van der Waals surface area (Å²) >= 11 is 0. The molecule has 0 atom stereocenters. The Morgan fingerprint density at radius 1 is 0.450 bits per heavy atom. The van der Waals surface area contributed by atoms with Crippen molar-refractivity contribution in [3.05, 3.63) is 12.2 Å². The molecule has 0 saturated heterocycles. The Hall–Kier alpha value is -7.72. The molecule has 1 heterocycles. The first-order chi connectivity index (χ1) is 19.7. The highest BCUT2D eigenvalue weighted by Crippen LogP contribution is 2.03. The van der Waals surface area contributed by atoms with Crippen molar-refractivity contribution in [2.45, 2.75) is 13.3 Å². The molecule has 0 aromatic heterocycles. The molecule has 0 saturated carbocycles. The lowest BCUT2D eigenvalue weighted by Gasteiger charge is -2.10. The Balaban J connectivity index is 0.00000126. The van der Waals surface area contributed by atoms with Gasteiger partial charge in [-0.25, -0.2) is 0 Å². The molecule has 176 valence electrons. The van der Waals surface area contributed by atoms with E-state index in [4.69, 9.17) is 12.8 Å². The van der Waals surface area contributed by atoms with E-state index < -0.39 is 0 Å². The summed E-state index contributed by atoms with van der Waals surface area (Å²) in [6.07, 6.45) is 13.3. The number of terminal acetylenes is 2. The lowest BCUT2D eigenvalue weighted by Crippen LogP contribution is -2.30. The van der Waals surface area contributed by atoms with Crippen molar-refractivity contribution in [3.8, 4) is 179 Å². The number of rotatable bonds is 2. The highest BCUT2D eigenvalue weighted by Gasteiger charge is 2.21. The molecule has 3 nitrogen and oxygen atoms in total. The molecule has 1 rings (SSSR count). The first kappa shape index (κ1) is 32.3. The SMILES string of the molecule is C#CC#CC#CC#CC#CC#CC#CC#CC#CC#CC#CC#CC#CC#CC#C.CCCN1C(=O)C=CC1=O. The minimum atomic E-state index is -0.188. The molecule has 0 aromatic rings. The number of nitrogens with zero attached hydrogens (tertiary/aromatic N) is 1. The third kappa shape index (κ3) is 20.9. The van der Waals surface area contributed by atoms with Gasteiger partial charge < -0.3 is 0 Å². The number of carbonyl (C=O) groups is 2. The zero-order valence-electron chi connectivity index (χ0n) is 21.0. The smallest absolute Gasteiger partial charge is 0.253 e. The van der Waals surface area contributed by atoms with E-state index in [9.17, 15) is 9.59 Å². The van der Waals surface area contributed by atoms with Gasteiger partial charge in [-0.15, -0.1) is 12.8 Å². The van der Waals surface area contributed by atoms with Crippen LogP contribution in [-0.4, -0.2) is 23.3 Å². The third-order valence-electron chi connectivity index (χ3n) is 3.05. The Morgan fingerprint density at radius 2 is 0.650 bits per heavy atom. The van der Waals surface area contributed by atoms with Gasteiger partial charge in [0.15, 0.2) is 0 Å². The van der Waals surface area contributed by atoms with Gasteiger partial charge in [0.25, 0.3) is 11.8 Å². The largest absolute Gasteiger partial charge is 0.275 e. The molecule has 0 spiro atoms. The molecule has 2 amide bonds. The quantitative estimate of drug-likeness (QED) is 0.411. The highest BCUT2D eigenvalue weighted by molar-refractivity contribution is 6.12. The van der Waals surface area contributed by atoms with E-state index in [1.54, 1.807) is 0 Å². The Labute approximate surface area is 236 Å². The van der Waals surface area contributed by atoms with Crippen molar-refractivity contribution in [2.75, 3.05) is 6.54 Å². The number of hydrogen-bond donors (Lipinski definition) is 0. The molecular weight excluding hydrogens is 490 g/mol. The van der Waals surface area contributed by atoms with Gasteiger partial charge in [0.1, 0.15) is 0 Å². The maximum atomic E-state index is 10.8. The predicted molar refractivity (Wildman–Crippen MR) is 155 cm³/mol. The van der Waals surface area contributed by atoms with E-state index in [0.717, 1.165) is 6.42 Å². The molecule has 40 heavy (non-hydrogen) atoms. The van der Waals surface area contributed by atoms with E-state index >= 15 is 0 Å². The number of carbonyl (C=O) groups excluding carboxylic acids is 2. The van der Waals surface area contributed by atoms with Gasteiger partial charge >= 0.3 is 0 Å². The van der Waals surface area contributed by atoms with Crippen LogP contribution in [0.2, 0.25) is 0 Å². The fraction of sp³-hybridized carbons (Fsp3) is 0.0811. The molecule has 0 N–H and O–H groups in total. The van der Waals surface area contributed by atoms with Crippen LogP contribution < -0.4 is 0 Å². The van der Waals surface area contributed by atoms with Crippen LogP contribution in [0.15, 0.2) is 12.2 Å². The molecule has 3 heteroatoms. The summed E-state index contributed by atoms with van der Waals surface area (Å²) in [5.74, 6) is 67.8. The van der Waals surface area contributed by atoms with Crippen molar-refractivity contribution in [2.24, 2.45) is 0 Å². The standard InChI is InChI=1S/C30H2.C7H9NO2/c1-3-5-7-9-11-13-15-17-19-21-23-25-27-29-30-28-26-24-22-20-18-16-14-12-10-8-6-4-2;1-2-5-8-6(9)3-4-7(8)10/h1-2H;3-4H,2,5H2,1H3. The van der Waals surface area contributed by atoms with Gasteiger partial charge in [0, 0.05) is 89.7 Å².